The van der Waals surface area contributed by atoms with E-state index >= 15 is 0 Å². The highest BCUT2D eigenvalue weighted by Gasteiger charge is 2.25. The summed E-state index contributed by atoms with van der Waals surface area (Å²) < 4.78 is 0. The number of nitrogens with one attached hydrogen (secondary N) is 2. The smallest absolute Gasteiger partial charge is 0.0931 e. The van der Waals surface area contributed by atoms with Gasteiger partial charge in [-0.05, 0) is 70.1 Å². The van der Waals surface area contributed by atoms with Crippen LogP contribution in [0.15, 0.2) is 38.0 Å². The molecule has 1 rings (SSSR count). The lowest BCUT2D eigenvalue weighted by molar-refractivity contribution is 0.192. The van der Waals surface area contributed by atoms with E-state index in [0.29, 0.717) is 12.0 Å². The molecule has 3 N–H and O–H groups in total. The fourth-order valence-electron chi connectivity index (χ4n) is 4.10. The van der Waals surface area contributed by atoms with Gasteiger partial charge in [0.2, 0.25) is 0 Å². The summed E-state index contributed by atoms with van der Waals surface area (Å²) in [5.74, 6) is 1.53. The average molecular weight is 575 g/mol. The summed E-state index contributed by atoms with van der Waals surface area (Å²) in [6, 6.07) is 1.42. The number of hydrogen-bond donors (Lipinski definition) is 3. The number of hydrogen-bond acceptors (Lipinski definition) is 3. The van der Waals surface area contributed by atoms with Crippen molar-refractivity contribution in [1.29, 1.82) is 0 Å². The first-order valence-corrected chi connectivity index (χ1v) is 16.4. The predicted molar refractivity (Wildman–Crippen MR) is 185 cm³/mol. The van der Waals surface area contributed by atoms with Crippen LogP contribution in [-0.2, 0) is 0 Å². The van der Waals surface area contributed by atoms with Crippen LogP contribution in [0, 0.1) is 17.3 Å². The number of aliphatic hydroxyl groups is 1. The van der Waals surface area contributed by atoms with Crippen molar-refractivity contribution in [3.63, 3.8) is 0 Å². The number of allylic oxidation sites excluding steroid dienone is 3. The second kappa shape index (κ2) is 37.4. The Morgan fingerprint density at radius 2 is 1.41 bits per heavy atom. The van der Waals surface area contributed by atoms with E-state index in [2.05, 4.69) is 105 Å². The van der Waals surface area contributed by atoms with Crippen molar-refractivity contribution in [3.05, 3.63) is 38.0 Å². The minimum absolute atomic E-state index is 0.0668. The quantitative estimate of drug-likeness (QED) is 0.123. The molecule has 0 saturated heterocycles. The molecule has 0 aromatic rings. The molecule has 4 atom stereocenters. The molecule has 0 amide bonds. The summed E-state index contributed by atoms with van der Waals surface area (Å²) in [6.45, 7) is 36.2. The van der Waals surface area contributed by atoms with Crippen molar-refractivity contribution in [2.45, 2.75) is 158 Å². The van der Waals surface area contributed by atoms with E-state index in [4.69, 9.17) is 16.7 Å². The molecule has 0 radical (unpaired) electrons. The third-order valence-electron chi connectivity index (χ3n) is 6.58. The molecule has 4 unspecified atom stereocenters. The minimum atomic E-state index is 0.0668. The second-order valence-electron chi connectivity index (χ2n) is 10.7. The molecule has 0 aromatic carbocycles. The zero-order valence-corrected chi connectivity index (χ0v) is 29.6. The molecule has 1 aliphatic carbocycles. The first-order valence-electron chi connectivity index (χ1n) is 16.0. The van der Waals surface area contributed by atoms with Crippen molar-refractivity contribution in [1.82, 2.24) is 10.6 Å². The summed E-state index contributed by atoms with van der Waals surface area (Å²) >= 11 is 5.34. The van der Waals surface area contributed by atoms with E-state index in [9.17, 15) is 0 Å². The Morgan fingerprint density at radius 1 is 0.949 bits per heavy atom. The molecule has 3 nitrogen and oxygen atoms in total. The maximum Gasteiger partial charge on any atom is 0.0931 e. The van der Waals surface area contributed by atoms with E-state index < -0.39 is 0 Å². The van der Waals surface area contributed by atoms with Gasteiger partial charge in [-0.15, -0.1) is 31.3 Å². The van der Waals surface area contributed by atoms with Crippen LogP contribution in [-0.4, -0.2) is 35.8 Å². The molecule has 0 bridgehead atoms. The van der Waals surface area contributed by atoms with Gasteiger partial charge in [0.05, 0.1) is 6.73 Å². The summed E-state index contributed by atoms with van der Waals surface area (Å²) in [5.41, 5.74) is 0.211. The van der Waals surface area contributed by atoms with Crippen molar-refractivity contribution in [3.8, 4) is 0 Å². The van der Waals surface area contributed by atoms with E-state index in [1.54, 1.807) is 6.08 Å². The first kappa shape index (κ1) is 48.1. The van der Waals surface area contributed by atoms with Crippen LogP contribution in [0.5, 0.6) is 0 Å². The van der Waals surface area contributed by atoms with E-state index in [0.717, 1.165) is 31.3 Å². The normalized spacial score (nSPS) is 15.9. The summed E-state index contributed by atoms with van der Waals surface area (Å²) in [7, 11) is 0. The van der Waals surface area contributed by atoms with Crippen molar-refractivity contribution < 1.29 is 5.11 Å². The lowest BCUT2D eigenvalue weighted by atomic mass is 9.77. The molecule has 39 heavy (non-hydrogen) atoms. The Labute approximate surface area is 253 Å². The van der Waals surface area contributed by atoms with Gasteiger partial charge in [0.1, 0.15) is 0 Å². The van der Waals surface area contributed by atoms with Crippen LogP contribution in [0.25, 0.3) is 0 Å². The summed E-state index contributed by atoms with van der Waals surface area (Å²) in [4.78, 5) is 0. The van der Waals surface area contributed by atoms with Crippen LogP contribution >= 0.6 is 11.6 Å². The molecule has 1 aliphatic rings. The van der Waals surface area contributed by atoms with Crippen LogP contribution in [0.2, 0.25) is 0 Å². The Hall–Kier alpha value is -0.610. The molecule has 0 aromatic heterocycles. The molecular weight excluding hydrogens is 500 g/mol. The zero-order valence-electron chi connectivity index (χ0n) is 28.8. The number of aliphatic hydroxyl groups excluding tert-OH is 1. The lowest BCUT2D eigenvalue weighted by Gasteiger charge is -2.32. The van der Waals surface area contributed by atoms with Crippen LogP contribution in [0.3, 0.4) is 0 Å². The molecule has 4 heteroatoms. The largest absolute Gasteiger partial charge is 0.381 e. The van der Waals surface area contributed by atoms with Gasteiger partial charge < -0.3 is 10.4 Å². The van der Waals surface area contributed by atoms with Gasteiger partial charge in [-0.25, -0.2) is 0 Å². The molecule has 1 fully saturated rings. The lowest BCUT2D eigenvalue weighted by Crippen LogP contribution is -2.39. The second-order valence-corrected chi connectivity index (χ2v) is 11.4. The maximum absolute atomic E-state index is 8.73. The number of rotatable bonds is 12. The van der Waals surface area contributed by atoms with Crippen molar-refractivity contribution in [2.24, 2.45) is 17.3 Å². The van der Waals surface area contributed by atoms with Crippen LogP contribution in [0.4, 0.5) is 0 Å². The van der Waals surface area contributed by atoms with Crippen molar-refractivity contribution in [2.75, 3.05) is 13.3 Å². The van der Waals surface area contributed by atoms with Gasteiger partial charge in [-0.3, -0.25) is 5.32 Å². The van der Waals surface area contributed by atoms with Crippen molar-refractivity contribution >= 4 is 11.6 Å². The van der Waals surface area contributed by atoms with E-state index in [-0.39, 0.29) is 17.5 Å². The monoisotopic (exact) mass is 575 g/mol. The SMILES string of the molecule is C=C.C=CC(C)Cl.CC.CC/C=C/C(CC)C(C)(C)CNCO.CCC.CCC(C)NC(C)C1CCCCC1. The molecular formula is C35H75ClN2O. The Balaban J connectivity index is -0.000000141. The van der Waals surface area contributed by atoms with Gasteiger partial charge in [-0.1, -0.05) is 106 Å². The fraction of sp³-hybridized carbons (Fsp3) is 0.829. The van der Waals surface area contributed by atoms with Crippen LogP contribution in [0.1, 0.15) is 141 Å². The third kappa shape index (κ3) is 35.4. The first-order chi connectivity index (χ1) is 18.5. The third-order valence-corrected chi connectivity index (χ3v) is 6.76. The Bertz CT molecular complexity index is 473. The van der Waals surface area contributed by atoms with Gasteiger partial charge in [-0.2, -0.15) is 0 Å². The molecule has 0 heterocycles. The molecule has 0 aliphatic heterocycles. The summed E-state index contributed by atoms with van der Waals surface area (Å²) in [6.07, 6.45) is 18.2. The Morgan fingerprint density at radius 3 is 1.74 bits per heavy atom. The van der Waals surface area contributed by atoms with E-state index in [1.165, 1.54) is 44.9 Å². The molecule has 238 valence electrons. The average Bonchev–Trinajstić information content (AvgIpc) is 2.95. The highest BCUT2D eigenvalue weighted by Crippen LogP contribution is 2.30. The van der Waals surface area contributed by atoms with Gasteiger partial charge >= 0.3 is 0 Å². The minimum Gasteiger partial charge on any atom is -0.381 e. The van der Waals surface area contributed by atoms with Gasteiger partial charge in [0.15, 0.2) is 0 Å². The number of halogens is 1. The highest BCUT2D eigenvalue weighted by molar-refractivity contribution is 6.21. The van der Waals surface area contributed by atoms with Gasteiger partial charge in [0, 0.05) is 24.0 Å². The molecule has 1 saturated carbocycles. The van der Waals surface area contributed by atoms with E-state index in [1.807, 2.05) is 20.8 Å². The maximum atomic E-state index is 8.73. The van der Waals surface area contributed by atoms with Gasteiger partial charge in [0.25, 0.3) is 0 Å². The highest BCUT2D eigenvalue weighted by atomic mass is 35.5. The molecule has 0 spiro atoms. The zero-order chi connectivity index (χ0) is 31.7. The predicted octanol–water partition coefficient (Wildman–Crippen LogP) is 10.9. The topological polar surface area (TPSA) is 44.3 Å². The Kier molecular flexibility index (Phi) is 46.2. The summed E-state index contributed by atoms with van der Waals surface area (Å²) in [5, 5.41) is 15.6. The number of alkyl halides is 1. The standard InChI is InChI=1S/C12H25NO.C12H25N.C4H7Cl.C3H8.C2H6.C2H4/c1-5-7-8-11(6-2)12(3,4)9-13-10-14;1-4-10(2)13-11(3)12-8-6-5-7-9-12;1-3-4(2)5;1-3-2;2*1-2/h7-8,11,13-14H,5-6,9-10H2,1-4H3;10-13H,4-9H2,1-3H3;3-4H,1H2,2H3;3H2,1-2H3;1-2H3;1-2H2/b8-7+;;;;;. The van der Waals surface area contributed by atoms with Crippen LogP contribution < -0.4 is 10.6 Å². The fourth-order valence-corrected chi connectivity index (χ4v) is 4.10.